The van der Waals surface area contributed by atoms with Crippen molar-refractivity contribution in [2.45, 2.75) is 24.4 Å². The van der Waals surface area contributed by atoms with E-state index < -0.39 is 12.0 Å². The number of carbonyl (C=O) groups excluding carboxylic acids is 1. The van der Waals surface area contributed by atoms with E-state index in [0.717, 1.165) is 0 Å². The fraction of sp³-hybridized carbons (Fsp3) is 0.667. The van der Waals surface area contributed by atoms with Crippen LogP contribution < -0.4 is 10.1 Å². The maximum atomic E-state index is 12.1. The number of nitrogens with one attached hydrogen (secondary N) is 1. The van der Waals surface area contributed by atoms with Crippen LogP contribution in [0.15, 0.2) is 0 Å². The molecule has 0 aliphatic carbocycles. The van der Waals surface area contributed by atoms with Gasteiger partial charge in [-0.15, -0.1) is 5.10 Å². The molecule has 0 bridgehead atoms. The summed E-state index contributed by atoms with van der Waals surface area (Å²) < 4.78 is 17.2. The number of rotatable bonds is 3. The minimum Gasteiger partial charge on any atom is -0.483 e. The number of hydrogen-bond donors (Lipinski definition) is 3. The molecule has 4 atom stereocenters. The van der Waals surface area contributed by atoms with E-state index in [1.165, 1.54) is 11.8 Å². The van der Waals surface area contributed by atoms with Crippen molar-refractivity contribution in [2.75, 3.05) is 20.3 Å². The second-order valence-corrected chi connectivity index (χ2v) is 4.89. The van der Waals surface area contributed by atoms with Crippen LogP contribution in [0.5, 0.6) is 6.01 Å². The quantitative estimate of drug-likeness (QED) is 0.525. The van der Waals surface area contributed by atoms with Gasteiger partial charge in [0.25, 0.3) is 12.4 Å². The number of aliphatic hydroxyl groups excluding tert-OH is 1. The van der Waals surface area contributed by atoms with Gasteiger partial charge >= 0.3 is 6.01 Å². The first-order valence-corrected chi connectivity index (χ1v) is 6.76. The molecule has 0 aromatic carbocycles. The monoisotopic (exact) mass is 330 g/mol. The Labute approximate surface area is 131 Å². The lowest BCUT2D eigenvalue weighted by Gasteiger charge is -2.16. The number of fused-ring (bicyclic) bond motifs is 1. The molecule has 3 N–H and O–H groups in total. The van der Waals surface area contributed by atoms with Crippen molar-refractivity contribution in [3.05, 3.63) is 5.82 Å². The molecule has 0 unspecified atom stereocenters. The average molecular weight is 330 g/mol. The molecule has 1 aromatic heterocycles. The molecule has 3 heterocycles. The zero-order chi connectivity index (χ0) is 17.0. The van der Waals surface area contributed by atoms with Gasteiger partial charge in [-0.05, 0) is 0 Å². The standard InChI is InChI=1S/C11H16N4O5.CH2O2/c1-15-11(18-2)13-9(14-15)10(17)12-5-3-19-8-6(16)4-20-7(5)8;2-1-3/h5-8,16H,3-4H2,1-2H3,(H,12,17);1H,(H,2,3)/t5-,6-,7-,8-;/m1./s1. The second-order valence-electron chi connectivity index (χ2n) is 4.89. The van der Waals surface area contributed by atoms with E-state index in [1.807, 2.05) is 0 Å². The molecule has 3 rings (SSSR count). The molecule has 2 fully saturated rings. The van der Waals surface area contributed by atoms with E-state index in [4.69, 9.17) is 24.1 Å². The summed E-state index contributed by atoms with van der Waals surface area (Å²) in [6, 6.07) is -0.0670. The number of nitrogens with zero attached hydrogens (tertiary/aromatic N) is 3. The van der Waals surface area contributed by atoms with Crippen molar-refractivity contribution in [3.8, 4) is 6.01 Å². The van der Waals surface area contributed by atoms with Crippen molar-refractivity contribution < 1.29 is 34.0 Å². The zero-order valence-corrected chi connectivity index (χ0v) is 12.6. The minimum atomic E-state index is -0.644. The van der Waals surface area contributed by atoms with Crippen LogP contribution in [0.3, 0.4) is 0 Å². The molecule has 1 amide bonds. The molecule has 0 saturated carbocycles. The van der Waals surface area contributed by atoms with Gasteiger partial charge in [-0.1, -0.05) is 0 Å². The van der Waals surface area contributed by atoms with E-state index in [1.54, 1.807) is 7.05 Å². The fourth-order valence-electron chi connectivity index (χ4n) is 2.48. The van der Waals surface area contributed by atoms with E-state index in [-0.39, 0.29) is 43.2 Å². The van der Waals surface area contributed by atoms with Crippen LogP contribution in [0.2, 0.25) is 0 Å². The molecular formula is C12H18N4O7. The number of carboxylic acid groups (broad SMARTS) is 1. The molecule has 128 valence electrons. The molecule has 0 spiro atoms. The van der Waals surface area contributed by atoms with Crippen molar-refractivity contribution in [1.29, 1.82) is 0 Å². The fourth-order valence-corrected chi connectivity index (χ4v) is 2.48. The second kappa shape index (κ2) is 7.35. The van der Waals surface area contributed by atoms with E-state index in [2.05, 4.69) is 15.4 Å². The van der Waals surface area contributed by atoms with Crippen molar-refractivity contribution in [2.24, 2.45) is 7.05 Å². The number of aliphatic hydroxyl groups is 1. The van der Waals surface area contributed by atoms with E-state index >= 15 is 0 Å². The van der Waals surface area contributed by atoms with Crippen LogP contribution >= 0.6 is 0 Å². The van der Waals surface area contributed by atoms with Crippen LogP contribution in [0.1, 0.15) is 10.6 Å². The van der Waals surface area contributed by atoms with E-state index in [9.17, 15) is 9.90 Å². The number of hydrogen-bond acceptors (Lipinski definition) is 8. The zero-order valence-electron chi connectivity index (χ0n) is 12.6. The summed E-state index contributed by atoms with van der Waals surface area (Å²) in [6.45, 7) is 0.263. The van der Waals surface area contributed by atoms with Gasteiger partial charge in [-0.25, -0.2) is 4.68 Å². The lowest BCUT2D eigenvalue weighted by Crippen LogP contribution is -2.44. The van der Waals surface area contributed by atoms with Gasteiger partial charge in [0.05, 0.1) is 26.4 Å². The summed E-state index contributed by atoms with van der Waals surface area (Å²) in [5.41, 5.74) is 0. The van der Waals surface area contributed by atoms with Crippen molar-refractivity contribution in [1.82, 2.24) is 20.1 Å². The van der Waals surface area contributed by atoms with Crippen LogP contribution in [-0.4, -0.2) is 82.0 Å². The van der Waals surface area contributed by atoms with Crippen LogP contribution in [0.25, 0.3) is 0 Å². The first-order chi connectivity index (χ1) is 11.0. The van der Waals surface area contributed by atoms with Crippen LogP contribution in [-0.2, 0) is 21.3 Å². The molecule has 2 aliphatic heterocycles. The Bertz CT molecular complexity index is 564. The van der Waals surface area contributed by atoms with Gasteiger partial charge in [-0.3, -0.25) is 9.59 Å². The maximum absolute atomic E-state index is 12.1. The Balaban J connectivity index is 0.000000595. The van der Waals surface area contributed by atoms with E-state index in [0.29, 0.717) is 6.61 Å². The molecule has 11 heteroatoms. The normalized spacial score (nSPS) is 28.5. The number of carbonyl (C=O) groups is 2. The van der Waals surface area contributed by atoms with Gasteiger partial charge in [-0.2, -0.15) is 4.98 Å². The summed E-state index contributed by atoms with van der Waals surface area (Å²) in [5.74, 6) is -0.408. The molecule has 11 nitrogen and oxygen atoms in total. The molecule has 0 radical (unpaired) electrons. The lowest BCUT2D eigenvalue weighted by molar-refractivity contribution is -0.122. The maximum Gasteiger partial charge on any atom is 0.314 e. The highest BCUT2D eigenvalue weighted by Crippen LogP contribution is 2.27. The highest BCUT2D eigenvalue weighted by atomic mass is 16.6. The number of methoxy groups -OCH3 is 1. The predicted molar refractivity (Wildman–Crippen MR) is 73.0 cm³/mol. The summed E-state index contributed by atoms with van der Waals surface area (Å²) in [7, 11) is 3.09. The number of ether oxygens (including phenoxy) is 3. The molecular weight excluding hydrogens is 312 g/mol. The average Bonchev–Trinajstić information content (AvgIpc) is 3.18. The predicted octanol–water partition coefficient (Wildman–Crippen LogP) is -2.22. The molecule has 1 aromatic rings. The first-order valence-electron chi connectivity index (χ1n) is 6.76. The Morgan fingerprint density at radius 3 is 2.70 bits per heavy atom. The van der Waals surface area contributed by atoms with Gasteiger partial charge < -0.3 is 29.7 Å². The number of aryl methyl sites for hydroxylation is 1. The van der Waals surface area contributed by atoms with Crippen LogP contribution in [0.4, 0.5) is 0 Å². The Morgan fingerprint density at radius 2 is 2.09 bits per heavy atom. The third-order valence-electron chi connectivity index (χ3n) is 3.45. The molecule has 2 aliphatic rings. The number of aromatic nitrogens is 3. The van der Waals surface area contributed by atoms with Crippen molar-refractivity contribution in [3.63, 3.8) is 0 Å². The third-order valence-corrected chi connectivity index (χ3v) is 3.45. The Morgan fingerprint density at radius 1 is 1.43 bits per heavy atom. The SMILES string of the molecule is COc1nc(C(=O)N[C@@H]2CO[C@H]3[C@@H]2OC[C@H]3O)nn1C.O=CO. The summed E-state index contributed by atoms with van der Waals surface area (Å²) in [4.78, 5) is 24.4. The number of amides is 1. The molecule has 23 heavy (non-hydrogen) atoms. The highest BCUT2D eigenvalue weighted by molar-refractivity contribution is 5.90. The third kappa shape index (κ3) is 3.57. The largest absolute Gasteiger partial charge is 0.483 e. The Hall–Kier alpha value is -2.24. The highest BCUT2D eigenvalue weighted by Gasteiger charge is 2.47. The summed E-state index contributed by atoms with van der Waals surface area (Å²) in [6.07, 6.45) is -1.36. The van der Waals surface area contributed by atoms with Crippen molar-refractivity contribution >= 4 is 12.4 Å². The molecule has 2 saturated heterocycles. The first kappa shape index (κ1) is 17.1. The van der Waals surface area contributed by atoms with Gasteiger partial charge in [0.2, 0.25) is 5.82 Å². The van der Waals surface area contributed by atoms with Gasteiger partial charge in [0, 0.05) is 7.05 Å². The summed E-state index contributed by atoms with van der Waals surface area (Å²) >= 11 is 0. The van der Waals surface area contributed by atoms with Crippen LogP contribution in [0, 0.1) is 0 Å². The minimum absolute atomic E-state index is 0.0198. The smallest absolute Gasteiger partial charge is 0.314 e. The summed E-state index contributed by atoms with van der Waals surface area (Å²) in [5, 5.41) is 23.2. The van der Waals surface area contributed by atoms with Gasteiger partial charge in [0.15, 0.2) is 0 Å². The topological polar surface area (TPSA) is 145 Å². The van der Waals surface area contributed by atoms with Gasteiger partial charge in [0.1, 0.15) is 18.3 Å². The Kier molecular flexibility index (Phi) is 5.47. The lowest BCUT2D eigenvalue weighted by atomic mass is 10.1.